The van der Waals surface area contributed by atoms with Crippen molar-refractivity contribution in [2.24, 2.45) is 0 Å². The number of hydrogen-bond acceptors (Lipinski definition) is 4. The van der Waals surface area contributed by atoms with Gasteiger partial charge in [-0.15, -0.1) is 18.3 Å². The van der Waals surface area contributed by atoms with Crippen molar-refractivity contribution in [1.29, 1.82) is 0 Å². The van der Waals surface area contributed by atoms with Gasteiger partial charge in [-0.05, 0) is 17.7 Å². The van der Waals surface area contributed by atoms with Gasteiger partial charge in [-0.25, -0.2) is 0 Å². The van der Waals surface area contributed by atoms with E-state index in [1.165, 1.54) is 18.2 Å². The normalized spacial score (nSPS) is 11.6. The van der Waals surface area contributed by atoms with E-state index < -0.39 is 6.36 Å². The van der Waals surface area contributed by atoms with Crippen molar-refractivity contribution in [3.63, 3.8) is 0 Å². The van der Waals surface area contributed by atoms with Crippen LogP contribution in [0.15, 0.2) is 36.7 Å². The summed E-state index contributed by atoms with van der Waals surface area (Å²) in [5, 5.41) is 10.6. The van der Waals surface area contributed by atoms with E-state index in [1.54, 1.807) is 23.1 Å². The first-order valence-electron chi connectivity index (χ1n) is 5.92. The third kappa shape index (κ3) is 4.88. The van der Waals surface area contributed by atoms with Crippen molar-refractivity contribution >= 4 is 0 Å². The van der Waals surface area contributed by atoms with Crippen molar-refractivity contribution in [3.8, 4) is 5.75 Å². The van der Waals surface area contributed by atoms with Gasteiger partial charge in [-0.1, -0.05) is 17.3 Å². The second kappa shape index (κ2) is 6.38. The molecule has 0 saturated carbocycles. The van der Waals surface area contributed by atoms with Gasteiger partial charge >= 0.3 is 6.36 Å². The number of rotatable bonds is 6. The van der Waals surface area contributed by atoms with E-state index >= 15 is 0 Å². The molecule has 1 heterocycles. The fraction of sp³-hybridized carbons (Fsp3) is 0.333. The Morgan fingerprint density at radius 2 is 2.15 bits per heavy atom. The molecule has 0 saturated heterocycles. The lowest BCUT2D eigenvalue weighted by Gasteiger charge is -2.10. The molecule has 0 spiro atoms. The summed E-state index contributed by atoms with van der Waals surface area (Å²) >= 11 is 0. The smallest absolute Gasteiger partial charge is 0.406 e. The van der Waals surface area contributed by atoms with Crippen LogP contribution in [0.3, 0.4) is 0 Å². The molecule has 8 heteroatoms. The van der Waals surface area contributed by atoms with Gasteiger partial charge in [0.1, 0.15) is 5.75 Å². The highest BCUT2D eigenvalue weighted by Crippen LogP contribution is 2.23. The molecule has 1 N–H and O–H groups in total. The Balaban J connectivity index is 1.79. The molecule has 0 amide bonds. The molecule has 0 fully saturated rings. The van der Waals surface area contributed by atoms with Crippen LogP contribution >= 0.6 is 0 Å². The van der Waals surface area contributed by atoms with Crippen molar-refractivity contribution < 1.29 is 17.9 Å². The zero-order chi connectivity index (χ0) is 14.4. The molecule has 0 atom stereocenters. The first-order chi connectivity index (χ1) is 9.53. The van der Waals surface area contributed by atoms with Crippen LogP contribution in [0, 0.1) is 0 Å². The summed E-state index contributed by atoms with van der Waals surface area (Å²) < 4.78 is 41.8. The zero-order valence-corrected chi connectivity index (χ0v) is 10.5. The van der Waals surface area contributed by atoms with E-state index in [9.17, 15) is 13.2 Å². The summed E-state index contributed by atoms with van der Waals surface area (Å²) in [6.07, 6.45) is -1.35. The Hall–Kier alpha value is -2.09. The summed E-state index contributed by atoms with van der Waals surface area (Å²) in [5.74, 6) is -0.215. The van der Waals surface area contributed by atoms with Crippen molar-refractivity contribution in [3.05, 3.63) is 42.2 Å². The Morgan fingerprint density at radius 3 is 2.85 bits per heavy atom. The number of nitrogens with one attached hydrogen (secondary N) is 1. The highest BCUT2D eigenvalue weighted by atomic mass is 19.4. The highest BCUT2D eigenvalue weighted by Gasteiger charge is 2.31. The Morgan fingerprint density at radius 1 is 1.30 bits per heavy atom. The molecule has 0 aliphatic rings. The third-order valence-electron chi connectivity index (χ3n) is 2.45. The first kappa shape index (κ1) is 14.3. The molecule has 0 radical (unpaired) electrons. The maximum atomic E-state index is 12.1. The van der Waals surface area contributed by atoms with Crippen molar-refractivity contribution in [1.82, 2.24) is 20.3 Å². The van der Waals surface area contributed by atoms with Gasteiger partial charge in [-0.3, -0.25) is 4.68 Å². The van der Waals surface area contributed by atoms with Gasteiger partial charge in [-0.2, -0.15) is 0 Å². The number of hydrogen-bond donors (Lipinski definition) is 1. The second-order valence-corrected chi connectivity index (χ2v) is 4.04. The second-order valence-electron chi connectivity index (χ2n) is 4.04. The van der Waals surface area contributed by atoms with Gasteiger partial charge in [0, 0.05) is 19.3 Å². The lowest BCUT2D eigenvalue weighted by atomic mass is 10.2. The quantitative estimate of drug-likeness (QED) is 0.825. The Kier molecular flexibility index (Phi) is 4.57. The summed E-state index contributed by atoms with van der Waals surface area (Å²) in [5.41, 5.74) is 0.713. The van der Waals surface area contributed by atoms with Crippen LogP contribution in [0.25, 0.3) is 0 Å². The Bertz CT molecular complexity index is 528. The van der Waals surface area contributed by atoms with E-state index in [0.717, 1.165) is 0 Å². The van der Waals surface area contributed by atoms with E-state index in [4.69, 9.17) is 0 Å². The Labute approximate surface area is 113 Å². The van der Waals surface area contributed by atoms with Gasteiger partial charge < -0.3 is 10.1 Å². The van der Waals surface area contributed by atoms with E-state index in [1.807, 2.05) is 0 Å². The lowest BCUT2D eigenvalue weighted by molar-refractivity contribution is -0.274. The molecule has 5 nitrogen and oxygen atoms in total. The average Bonchev–Trinajstić information content (AvgIpc) is 2.86. The monoisotopic (exact) mass is 286 g/mol. The highest BCUT2D eigenvalue weighted by molar-refractivity contribution is 5.28. The van der Waals surface area contributed by atoms with Gasteiger partial charge in [0.15, 0.2) is 0 Å². The van der Waals surface area contributed by atoms with Crippen LogP contribution in [0.5, 0.6) is 5.75 Å². The zero-order valence-electron chi connectivity index (χ0n) is 10.5. The maximum absolute atomic E-state index is 12.1. The lowest BCUT2D eigenvalue weighted by Crippen LogP contribution is -2.20. The minimum atomic E-state index is -4.67. The summed E-state index contributed by atoms with van der Waals surface area (Å²) in [6, 6.07) is 5.88. The van der Waals surface area contributed by atoms with Crippen LogP contribution in [-0.4, -0.2) is 27.9 Å². The minimum absolute atomic E-state index is 0.215. The molecule has 0 aliphatic carbocycles. The molecule has 1 aromatic carbocycles. The fourth-order valence-electron chi connectivity index (χ4n) is 1.63. The topological polar surface area (TPSA) is 52.0 Å². The summed E-state index contributed by atoms with van der Waals surface area (Å²) in [4.78, 5) is 0. The molecule has 0 unspecified atom stereocenters. The number of aromatic nitrogens is 3. The van der Waals surface area contributed by atoms with Gasteiger partial charge in [0.25, 0.3) is 0 Å². The van der Waals surface area contributed by atoms with Gasteiger partial charge in [0.05, 0.1) is 12.7 Å². The minimum Gasteiger partial charge on any atom is -0.406 e. The molecule has 1 aromatic heterocycles. The maximum Gasteiger partial charge on any atom is 0.573 e. The fourth-order valence-corrected chi connectivity index (χ4v) is 1.63. The average molecular weight is 286 g/mol. The first-order valence-corrected chi connectivity index (χ1v) is 5.92. The molecule has 0 aliphatic heterocycles. The van der Waals surface area contributed by atoms with Crippen LogP contribution < -0.4 is 10.1 Å². The number of halogens is 3. The van der Waals surface area contributed by atoms with Crippen molar-refractivity contribution in [2.75, 3.05) is 6.54 Å². The van der Waals surface area contributed by atoms with Gasteiger partial charge in [0.2, 0.25) is 0 Å². The molecular formula is C12H13F3N4O. The van der Waals surface area contributed by atoms with E-state index in [-0.39, 0.29) is 5.75 Å². The SMILES string of the molecule is FC(F)(F)Oc1cccc(CNCCn2ccnn2)c1. The molecule has 2 aromatic rings. The van der Waals surface area contributed by atoms with Crippen LogP contribution in [0.1, 0.15) is 5.56 Å². The molecule has 108 valence electrons. The summed E-state index contributed by atoms with van der Waals surface area (Å²) in [6.45, 7) is 1.72. The van der Waals surface area contributed by atoms with Crippen LogP contribution in [0.2, 0.25) is 0 Å². The number of alkyl halides is 3. The predicted molar refractivity (Wildman–Crippen MR) is 64.9 cm³/mol. The van der Waals surface area contributed by atoms with Crippen LogP contribution in [0.4, 0.5) is 13.2 Å². The molecule has 20 heavy (non-hydrogen) atoms. The number of benzene rings is 1. The number of ether oxygens (including phenoxy) is 1. The molecular weight excluding hydrogens is 273 g/mol. The predicted octanol–water partition coefficient (Wildman–Crippen LogP) is 1.97. The van der Waals surface area contributed by atoms with Crippen molar-refractivity contribution in [2.45, 2.75) is 19.5 Å². The van der Waals surface area contributed by atoms with Crippen LogP contribution in [-0.2, 0) is 13.1 Å². The van der Waals surface area contributed by atoms with E-state index in [2.05, 4.69) is 20.4 Å². The largest absolute Gasteiger partial charge is 0.573 e. The molecule has 2 rings (SSSR count). The number of nitrogens with zero attached hydrogens (tertiary/aromatic N) is 3. The summed E-state index contributed by atoms with van der Waals surface area (Å²) in [7, 11) is 0. The van der Waals surface area contributed by atoms with E-state index in [0.29, 0.717) is 25.2 Å². The third-order valence-corrected chi connectivity index (χ3v) is 2.45. The standard InChI is InChI=1S/C12H13F3N4O/c13-12(14,15)20-11-3-1-2-10(8-11)9-16-4-6-19-7-5-17-18-19/h1-3,5,7-8,16H,4,6,9H2. The molecule has 0 bridgehead atoms.